The zero-order chi connectivity index (χ0) is 23.7. The van der Waals surface area contributed by atoms with Crippen LogP contribution in [0.2, 0.25) is 0 Å². The van der Waals surface area contributed by atoms with E-state index in [4.69, 9.17) is 5.73 Å². The van der Waals surface area contributed by atoms with Crippen LogP contribution in [-0.2, 0) is 4.79 Å². The zero-order valence-corrected chi connectivity index (χ0v) is 19.4. The number of imidazole rings is 1. The van der Waals surface area contributed by atoms with E-state index in [1.807, 2.05) is 48.2 Å². The Morgan fingerprint density at radius 1 is 1.00 bits per heavy atom. The third-order valence-electron chi connectivity index (χ3n) is 7.18. The van der Waals surface area contributed by atoms with Crippen molar-refractivity contribution in [1.82, 2.24) is 19.8 Å². The van der Waals surface area contributed by atoms with Gasteiger partial charge in [0.05, 0.1) is 11.9 Å². The summed E-state index contributed by atoms with van der Waals surface area (Å²) in [7, 11) is 0. The Hall–Kier alpha value is -3.45. The molecule has 2 saturated heterocycles. The van der Waals surface area contributed by atoms with Crippen LogP contribution in [0.4, 0.5) is 0 Å². The molecule has 0 bridgehead atoms. The summed E-state index contributed by atoms with van der Waals surface area (Å²) in [4.78, 5) is 38.2. The predicted molar refractivity (Wildman–Crippen MR) is 130 cm³/mol. The number of aromatic amines is 1. The number of nitrogens with two attached hydrogens (primary N) is 1. The van der Waals surface area contributed by atoms with Gasteiger partial charge in [-0.3, -0.25) is 9.59 Å². The van der Waals surface area contributed by atoms with E-state index in [1.165, 1.54) is 5.56 Å². The summed E-state index contributed by atoms with van der Waals surface area (Å²) in [6.45, 7) is 3.73. The van der Waals surface area contributed by atoms with Gasteiger partial charge in [-0.05, 0) is 30.9 Å². The van der Waals surface area contributed by atoms with Crippen LogP contribution >= 0.6 is 0 Å². The molecule has 2 aliphatic rings. The van der Waals surface area contributed by atoms with Gasteiger partial charge in [0.1, 0.15) is 6.04 Å². The average Bonchev–Trinajstić information content (AvgIpc) is 3.64. The summed E-state index contributed by atoms with van der Waals surface area (Å²) in [6.07, 6.45) is 3.15. The smallest absolute Gasteiger partial charge is 0.290 e. The fraction of sp³-hybridized carbons (Fsp3) is 0.370. The largest absolute Gasteiger partial charge is 0.340 e. The lowest BCUT2D eigenvalue weighted by Crippen LogP contribution is -2.47. The number of carbonyl (C=O) groups is 2. The van der Waals surface area contributed by atoms with E-state index in [-0.39, 0.29) is 29.6 Å². The molecule has 2 aromatic carbocycles. The maximum atomic E-state index is 13.7. The molecule has 7 nitrogen and oxygen atoms in total. The Morgan fingerprint density at radius 2 is 1.65 bits per heavy atom. The Bertz CT molecular complexity index is 1140. The Kier molecular flexibility index (Phi) is 6.20. The molecule has 3 heterocycles. The lowest BCUT2D eigenvalue weighted by molar-refractivity contribution is -0.134. The van der Waals surface area contributed by atoms with Crippen LogP contribution in [0.3, 0.4) is 0 Å². The van der Waals surface area contributed by atoms with Crippen molar-refractivity contribution in [3.05, 3.63) is 89.5 Å². The predicted octanol–water partition coefficient (Wildman–Crippen LogP) is 3.44. The van der Waals surface area contributed by atoms with Crippen molar-refractivity contribution in [3.63, 3.8) is 0 Å². The Labute approximate surface area is 200 Å². The molecule has 0 saturated carbocycles. The van der Waals surface area contributed by atoms with Crippen LogP contribution in [0.1, 0.15) is 65.1 Å². The first-order valence-electron chi connectivity index (χ1n) is 12.0. The number of hydrogen-bond donors (Lipinski definition) is 2. The highest BCUT2D eigenvalue weighted by Crippen LogP contribution is 2.35. The molecule has 0 unspecified atom stereocenters. The van der Waals surface area contributed by atoms with Crippen LogP contribution in [0.15, 0.2) is 66.9 Å². The van der Waals surface area contributed by atoms with E-state index in [9.17, 15) is 9.59 Å². The van der Waals surface area contributed by atoms with E-state index < -0.39 is 6.04 Å². The minimum atomic E-state index is -0.504. The molecule has 3 aromatic rings. The number of likely N-dealkylation sites (tertiary alicyclic amines) is 2. The van der Waals surface area contributed by atoms with Gasteiger partial charge < -0.3 is 20.5 Å². The van der Waals surface area contributed by atoms with Gasteiger partial charge in [-0.2, -0.15) is 0 Å². The topological polar surface area (TPSA) is 95.3 Å². The average molecular weight is 458 g/mol. The number of benzene rings is 2. The second-order valence-electron chi connectivity index (χ2n) is 9.47. The van der Waals surface area contributed by atoms with Crippen LogP contribution in [0.25, 0.3) is 0 Å². The van der Waals surface area contributed by atoms with Gasteiger partial charge in [0.2, 0.25) is 5.91 Å². The van der Waals surface area contributed by atoms with Crippen molar-refractivity contribution < 1.29 is 9.59 Å². The van der Waals surface area contributed by atoms with Gasteiger partial charge in [-0.1, -0.05) is 60.7 Å². The van der Waals surface area contributed by atoms with Gasteiger partial charge in [-0.25, -0.2) is 4.98 Å². The van der Waals surface area contributed by atoms with E-state index in [0.29, 0.717) is 37.7 Å². The molecular formula is C27H31N5O2. The van der Waals surface area contributed by atoms with Crippen molar-refractivity contribution in [1.29, 1.82) is 0 Å². The lowest BCUT2D eigenvalue weighted by atomic mass is 9.96. The van der Waals surface area contributed by atoms with E-state index in [2.05, 4.69) is 34.2 Å². The van der Waals surface area contributed by atoms with Crippen molar-refractivity contribution in [2.45, 2.75) is 43.7 Å². The van der Waals surface area contributed by atoms with Gasteiger partial charge in [-0.15, -0.1) is 0 Å². The number of amides is 2. The van der Waals surface area contributed by atoms with Gasteiger partial charge in [0, 0.05) is 37.5 Å². The van der Waals surface area contributed by atoms with E-state index in [0.717, 1.165) is 12.0 Å². The molecule has 5 rings (SSSR count). The SMILES string of the molecule is C[C@H](N)c1cnc(C(=O)N2C[C@@H](c3ccccc3)C[C@H]2C(=O)N2CC[C@H](c3ccccc3)C2)[nH]1. The fourth-order valence-corrected chi connectivity index (χ4v) is 5.24. The second-order valence-corrected chi connectivity index (χ2v) is 9.47. The number of nitrogens with one attached hydrogen (secondary N) is 1. The number of H-pyrrole nitrogens is 1. The summed E-state index contributed by atoms with van der Waals surface area (Å²) in [5.41, 5.74) is 9.06. The summed E-state index contributed by atoms with van der Waals surface area (Å²) < 4.78 is 0. The quantitative estimate of drug-likeness (QED) is 0.614. The third kappa shape index (κ3) is 4.35. The van der Waals surface area contributed by atoms with Crippen molar-refractivity contribution in [2.75, 3.05) is 19.6 Å². The van der Waals surface area contributed by atoms with Crippen LogP contribution in [-0.4, -0.2) is 57.3 Å². The number of rotatable bonds is 5. The summed E-state index contributed by atoms with van der Waals surface area (Å²) >= 11 is 0. The summed E-state index contributed by atoms with van der Waals surface area (Å²) in [5, 5.41) is 0. The first-order valence-corrected chi connectivity index (χ1v) is 12.0. The summed E-state index contributed by atoms with van der Waals surface area (Å²) in [6, 6.07) is 19.7. The lowest BCUT2D eigenvalue weighted by Gasteiger charge is -2.27. The number of nitrogens with zero attached hydrogens (tertiary/aromatic N) is 3. The molecule has 1 aromatic heterocycles. The van der Waals surface area contributed by atoms with Crippen LogP contribution in [0.5, 0.6) is 0 Å². The van der Waals surface area contributed by atoms with Crippen molar-refractivity contribution in [3.8, 4) is 0 Å². The van der Waals surface area contributed by atoms with Gasteiger partial charge >= 0.3 is 0 Å². The summed E-state index contributed by atoms with van der Waals surface area (Å²) in [5.74, 6) is 0.461. The highest BCUT2D eigenvalue weighted by Gasteiger charge is 2.44. The molecule has 2 aliphatic heterocycles. The number of carbonyl (C=O) groups excluding carboxylic acids is 2. The zero-order valence-electron chi connectivity index (χ0n) is 19.4. The first kappa shape index (κ1) is 22.3. The Morgan fingerprint density at radius 3 is 2.26 bits per heavy atom. The maximum absolute atomic E-state index is 13.7. The van der Waals surface area contributed by atoms with Gasteiger partial charge in [0.25, 0.3) is 5.91 Å². The van der Waals surface area contributed by atoms with E-state index in [1.54, 1.807) is 11.1 Å². The van der Waals surface area contributed by atoms with Crippen LogP contribution in [0, 0.1) is 0 Å². The third-order valence-corrected chi connectivity index (χ3v) is 7.18. The fourth-order valence-electron chi connectivity index (χ4n) is 5.24. The second kappa shape index (κ2) is 9.43. The molecule has 3 N–H and O–H groups in total. The molecule has 4 atom stereocenters. The van der Waals surface area contributed by atoms with Crippen molar-refractivity contribution >= 4 is 11.8 Å². The molecule has 2 fully saturated rings. The Balaban J connectivity index is 1.38. The molecule has 0 aliphatic carbocycles. The first-order chi connectivity index (χ1) is 16.5. The highest BCUT2D eigenvalue weighted by atomic mass is 16.2. The number of hydrogen-bond acceptors (Lipinski definition) is 4. The molecule has 34 heavy (non-hydrogen) atoms. The van der Waals surface area contributed by atoms with Gasteiger partial charge in [0.15, 0.2) is 5.82 Å². The maximum Gasteiger partial charge on any atom is 0.290 e. The number of aromatic nitrogens is 2. The normalized spacial score (nSPS) is 23.3. The molecule has 2 amide bonds. The van der Waals surface area contributed by atoms with Crippen LogP contribution < -0.4 is 5.73 Å². The minimum Gasteiger partial charge on any atom is -0.340 e. The highest BCUT2D eigenvalue weighted by molar-refractivity contribution is 5.95. The van der Waals surface area contributed by atoms with E-state index >= 15 is 0 Å². The molecular weight excluding hydrogens is 426 g/mol. The van der Waals surface area contributed by atoms with Crippen molar-refractivity contribution in [2.24, 2.45) is 5.73 Å². The molecule has 0 spiro atoms. The molecule has 176 valence electrons. The monoisotopic (exact) mass is 457 g/mol. The standard InChI is InChI=1S/C27H31N5O2/c1-18(28)23-15-29-25(30-23)27(34)32-17-22(20-10-6-3-7-11-20)14-24(32)26(33)31-13-12-21(16-31)19-8-4-2-5-9-19/h2-11,15,18,21-22,24H,12-14,16-17,28H2,1H3,(H,29,30)/t18-,21-,22-,24-/m0/s1. The minimum absolute atomic E-state index is 0.0317. The molecule has 0 radical (unpaired) electrons. The molecule has 7 heteroatoms.